The van der Waals surface area contributed by atoms with Crippen molar-refractivity contribution in [2.24, 2.45) is 0 Å². The molecule has 0 unspecified atom stereocenters. The molecular formula is C35H45F2N3O3. The first-order valence-electron chi connectivity index (χ1n) is 15.6. The molecule has 8 heteroatoms. The van der Waals surface area contributed by atoms with E-state index in [2.05, 4.69) is 10.2 Å². The molecule has 0 aromatic heterocycles. The number of amides is 1. The summed E-state index contributed by atoms with van der Waals surface area (Å²) in [6, 6.07) is 19.7. The van der Waals surface area contributed by atoms with Crippen LogP contribution in [0.1, 0.15) is 63.4 Å². The maximum Gasteiger partial charge on any atom is 0.411 e. The van der Waals surface area contributed by atoms with Gasteiger partial charge in [-0.1, -0.05) is 80.6 Å². The number of aromatic hydroxyl groups is 1. The number of nitrogens with zero attached hydrogens (tertiary/aromatic N) is 2. The molecular weight excluding hydrogens is 548 g/mol. The second-order valence-electron chi connectivity index (χ2n) is 11.6. The largest absolute Gasteiger partial charge is 0.505 e. The van der Waals surface area contributed by atoms with Crippen molar-refractivity contribution in [3.05, 3.63) is 83.9 Å². The third-order valence-corrected chi connectivity index (χ3v) is 8.12. The third-order valence-electron chi connectivity index (χ3n) is 8.12. The van der Waals surface area contributed by atoms with E-state index in [0.29, 0.717) is 12.6 Å². The van der Waals surface area contributed by atoms with Gasteiger partial charge in [0.25, 0.3) is 0 Å². The van der Waals surface area contributed by atoms with Crippen LogP contribution in [0.4, 0.5) is 19.3 Å². The Morgan fingerprint density at radius 1 is 0.930 bits per heavy atom. The number of benzene rings is 3. The molecule has 1 amide bonds. The molecule has 0 bridgehead atoms. The highest BCUT2D eigenvalue weighted by atomic mass is 19.1. The zero-order valence-electron chi connectivity index (χ0n) is 25.2. The van der Waals surface area contributed by atoms with Gasteiger partial charge in [0.1, 0.15) is 11.9 Å². The molecule has 1 saturated heterocycles. The number of rotatable bonds is 15. The number of carbonyl (C=O) groups excluding carboxylic acids is 1. The predicted octanol–water partition coefficient (Wildman–Crippen LogP) is 8.21. The first-order valence-corrected chi connectivity index (χ1v) is 15.6. The normalized spacial score (nSPS) is 14.2. The molecule has 0 saturated carbocycles. The minimum Gasteiger partial charge on any atom is -0.505 e. The van der Waals surface area contributed by atoms with Gasteiger partial charge in [-0.05, 0) is 63.5 Å². The minimum absolute atomic E-state index is 0.0556. The van der Waals surface area contributed by atoms with Gasteiger partial charge in [0.05, 0.1) is 5.69 Å². The zero-order valence-corrected chi connectivity index (χ0v) is 25.2. The van der Waals surface area contributed by atoms with E-state index in [-0.39, 0.29) is 11.7 Å². The molecule has 3 aromatic rings. The Kier molecular flexibility index (Phi) is 12.8. The maximum atomic E-state index is 13.5. The summed E-state index contributed by atoms with van der Waals surface area (Å²) >= 11 is 0. The fraction of sp³-hybridized carbons (Fsp3) is 0.457. The SMILES string of the molecule is CN(CCCCCCCCCN1CCC(OC(=O)Nc2ccccc2-c2ccccc2)CC1)Cc1cc(F)cc(F)c1O. The lowest BCUT2D eigenvalue weighted by molar-refractivity contribution is 0.0584. The maximum absolute atomic E-state index is 13.5. The van der Waals surface area contributed by atoms with Crippen molar-refractivity contribution in [2.45, 2.75) is 70.4 Å². The molecule has 4 rings (SSSR count). The van der Waals surface area contributed by atoms with Crippen LogP contribution in [-0.2, 0) is 11.3 Å². The number of likely N-dealkylation sites (tertiary alicyclic amines) is 1. The van der Waals surface area contributed by atoms with E-state index in [0.717, 1.165) is 68.7 Å². The molecule has 0 aliphatic carbocycles. The summed E-state index contributed by atoms with van der Waals surface area (Å²) in [5, 5.41) is 12.7. The van der Waals surface area contributed by atoms with E-state index in [4.69, 9.17) is 4.74 Å². The Morgan fingerprint density at radius 2 is 1.58 bits per heavy atom. The molecule has 232 valence electrons. The molecule has 2 N–H and O–H groups in total. The van der Waals surface area contributed by atoms with E-state index >= 15 is 0 Å². The number of carbonyl (C=O) groups is 1. The van der Waals surface area contributed by atoms with E-state index < -0.39 is 23.5 Å². The van der Waals surface area contributed by atoms with Crippen LogP contribution < -0.4 is 5.32 Å². The quantitative estimate of drug-likeness (QED) is 0.174. The van der Waals surface area contributed by atoms with Gasteiger partial charge < -0.3 is 19.6 Å². The Morgan fingerprint density at radius 3 is 2.33 bits per heavy atom. The molecule has 1 fully saturated rings. The van der Waals surface area contributed by atoms with Crippen LogP contribution in [0.3, 0.4) is 0 Å². The smallest absolute Gasteiger partial charge is 0.411 e. The van der Waals surface area contributed by atoms with Gasteiger partial charge >= 0.3 is 6.09 Å². The fourth-order valence-corrected chi connectivity index (χ4v) is 5.71. The van der Waals surface area contributed by atoms with Crippen molar-refractivity contribution in [3.63, 3.8) is 0 Å². The molecule has 6 nitrogen and oxygen atoms in total. The van der Waals surface area contributed by atoms with Crippen molar-refractivity contribution in [2.75, 3.05) is 38.5 Å². The molecule has 3 aromatic carbocycles. The lowest BCUT2D eigenvalue weighted by atomic mass is 10.0. The highest BCUT2D eigenvalue weighted by Gasteiger charge is 2.22. The van der Waals surface area contributed by atoms with Gasteiger partial charge in [0.15, 0.2) is 11.6 Å². The van der Waals surface area contributed by atoms with E-state index in [9.17, 15) is 18.7 Å². The molecule has 0 spiro atoms. The summed E-state index contributed by atoms with van der Waals surface area (Å²) in [7, 11) is 1.90. The second kappa shape index (κ2) is 17.0. The summed E-state index contributed by atoms with van der Waals surface area (Å²) < 4.78 is 32.7. The first kappa shape index (κ1) is 32.4. The number of nitrogens with one attached hydrogen (secondary N) is 1. The Balaban J connectivity index is 1.02. The standard InChI is InChI=1S/C35H45F2N3O3/c1-39(26-28-24-29(36)25-32(37)34(28)41)20-12-5-3-2-4-6-13-21-40-22-18-30(19-23-40)43-35(42)38-33-17-11-10-16-31(33)27-14-8-7-9-15-27/h7-11,14-17,24-25,30,41H,2-6,12-13,18-23,26H2,1H3,(H,38,42). The lowest BCUT2D eigenvalue weighted by Gasteiger charge is -2.31. The topological polar surface area (TPSA) is 65.0 Å². The molecule has 1 aliphatic heterocycles. The van der Waals surface area contributed by atoms with Gasteiger partial charge in [-0.3, -0.25) is 5.32 Å². The average molecular weight is 594 g/mol. The lowest BCUT2D eigenvalue weighted by Crippen LogP contribution is -2.38. The number of halogens is 2. The summed E-state index contributed by atoms with van der Waals surface area (Å²) in [4.78, 5) is 17.1. The van der Waals surface area contributed by atoms with Gasteiger partial charge in [0.2, 0.25) is 0 Å². The summed E-state index contributed by atoms with van der Waals surface area (Å²) in [6.45, 7) is 4.13. The van der Waals surface area contributed by atoms with Crippen LogP contribution in [0.15, 0.2) is 66.7 Å². The van der Waals surface area contributed by atoms with E-state index in [1.54, 1.807) is 0 Å². The number of hydrogen-bond acceptors (Lipinski definition) is 5. The van der Waals surface area contributed by atoms with Crippen molar-refractivity contribution in [3.8, 4) is 16.9 Å². The molecule has 1 heterocycles. The van der Waals surface area contributed by atoms with Crippen molar-refractivity contribution < 1.29 is 23.4 Å². The van der Waals surface area contributed by atoms with Gasteiger partial charge in [-0.2, -0.15) is 0 Å². The average Bonchev–Trinajstić information content (AvgIpc) is 3.00. The first-order chi connectivity index (χ1) is 20.9. The zero-order chi connectivity index (χ0) is 30.4. The van der Waals surface area contributed by atoms with Crippen LogP contribution in [0, 0.1) is 11.6 Å². The number of hydrogen-bond donors (Lipinski definition) is 2. The molecule has 0 radical (unpaired) electrons. The van der Waals surface area contributed by atoms with E-state index in [1.165, 1.54) is 38.2 Å². The van der Waals surface area contributed by atoms with Gasteiger partial charge in [-0.25, -0.2) is 13.6 Å². The second-order valence-corrected chi connectivity index (χ2v) is 11.6. The third kappa shape index (κ3) is 10.6. The van der Waals surface area contributed by atoms with E-state index in [1.807, 2.05) is 66.5 Å². The van der Waals surface area contributed by atoms with Crippen molar-refractivity contribution in [1.29, 1.82) is 0 Å². The Bertz CT molecular complexity index is 1280. The monoisotopic (exact) mass is 593 g/mol. The summed E-state index contributed by atoms with van der Waals surface area (Å²) in [5.74, 6) is -2.04. The number of phenols is 1. The number of ether oxygens (including phenoxy) is 1. The molecule has 1 aliphatic rings. The fourth-order valence-electron chi connectivity index (χ4n) is 5.71. The molecule has 0 atom stereocenters. The van der Waals surface area contributed by atoms with Crippen molar-refractivity contribution >= 4 is 11.8 Å². The Labute approximate surface area is 254 Å². The van der Waals surface area contributed by atoms with Gasteiger partial charge in [-0.15, -0.1) is 0 Å². The summed E-state index contributed by atoms with van der Waals surface area (Å²) in [6.07, 6.45) is 9.39. The van der Waals surface area contributed by atoms with Crippen LogP contribution in [0.25, 0.3) is 11.1 Å². The van der Waals surface area contributed by atoms with Crippen LogP contribution in [0.5, 0.6) is 5.75 Å². The van der Waals surface area contributed by atoms with Gasteiger partial charge in [0, 0.05) is 36.8 Å². The number of anilines is 1. The molecule has 43 heavy (non-hydrogen) atoms. The number of para-hydroxylation sites is 1. The van der Waals surface area contributed by atoms with Crippen LogP contribution in [-0.4, -0.2) is 60.3 Å². The number of unbranched alkanes of at least 4 members (excludes halogenated alkanes) is 6. The highest BCUT2D eigenvalue weighted by molar-refractivity contribution is 5.91. The van der Waals surface area contributed by atoms with Crippen molar-refractivity contribution in [1.82, 2.24) is 9.80 Å². The summed E-state index contributed by atoms with van der Waals surface area (Å²) in [5.41, 5.74) is 3.06. The predicted molar refractivity (Wildman–Crippen MR) is 168 cm³/mol. The Hall–Kier alpha value is -3.49. The van der Waals surface area contributed by atoms with Crippen LogP contribution >= 0.6 is 0 Å². The number of piperidine rings is 1. The van der Waals surface area contributed by atoms with Crippen LogP contribution in [0.2, 0.25) is 0 Å². The minimum atomic E-state index is -0.913. The number of phenolic OH excluding ortho intramolecular Hbond substituents is 1. The highest BCUT2D eigenvalue weighted by Crippen LogP contribution is 2.28.